The van der Waals surface area contributed by atoms with Crippen LogP contribution in [0.5, 0.6) is 0 Å². The van der Waals surface area contributed by atoms with Crippen LogP contribution in [0.25, 0.3) is 0 Å². The fourth-order valence-corrected chi connectivity index (χ4v) is 4.65. The average molecular weight is 423 g/mol. The van der Waals surface area contributed by atoms with E-state index in [1.165, 1.54) is 12.1 Å². The van der Waals surface area contributed by atoms with Gasteiger partial charge in [-0.25, -0.2) is 9.97 Å². The van der Waals surface area contributed by atoms with Crippen LogP contribution in [0.15, 0.2) is 42.7 Å². The van der Waals surface area contributed by atoms with Gasteiger partial charge in [0.05, 0.1) is 0 Å². The third kappa shape index (κ3) is 5.66. The second-order valence-electron chi connectivity index (χ2n) is 8.49. The van der Waals surface area contributed by atoms with Gasteiger partial charge in [-0.05, 0) is 44.2 Å². The first-order valence-corrected chi connectivity index (χ1v) is 11.6. The van der Waals surface area contributed by atoms with E-state index in [2.05, 4.69) is 56.3 Å². The normalized spacial score (nSPS) is 19.4. The summed E-state index contributed by atoms with van der Waals surface area (Å²) >= 11 is 0. The number of nitrogens with one attached hydrogen (secondary N) is 1. The van der Waals surface area contributed by atoms with Crippen LogP contribution < -0.4 is 15.1 Å². The zero-order chi connectivity index (χ0) is 21.5. The Bertz CT molecular complexity index is 837. The van der Waals surface area contributed by atoms with Crippen molar-refractivity contribution in [3.63, 3.8) is 0 Å². The van der Waals surface area contributed by atoms with Crippen LogP contribution in [-0.4, -0.2) is 66.6 Å². The van der Waals surface area contributed by atoms with Crippen molar-refractivity contribution >= 4 is 23.2 Å². The Balaban J connectivity index is 1.24. The predicted molar refractivity (Wildman–Crippen MR) is 126 cm³/mol. The Morgan fingerprint density at radius 3 is 2.65 bits per heavy atom. The monoisotopic (exact) mass is 422 g/mol. The van der Waals surface area contributed by atoms with Crippen molar-refractivity contribution in [1.29, 1.82) is 0 Å². The van der Waals surface area contributed by atoms with E-state index in [4.69, 9.17) is 0 Å². The van der Waals surface area contributed by atoms with Crippen molar-refractivity contribution in [3.05, 3.63) is 42.7 Å². The highest BCUT2D eigenvalue weighted by molar-refractivity contribution is 5.76. The molecule has 2 aliphatic heterocycles. The van der Waals surface area contributed by atoms with Crippen LogP contribution in [-0.2, 0) is 4.79 Å². The highest BCUT2D eigenvalue weighted by atomic mass is 16.2. The highest BCUT2D eigenvalue weighted by Gasteiger charge is 2.25. The Hall–Kier alpha value is -2.83. The van der Waals surface area contributed by atoms with Crippen molar-refractivity contribution in [1.82, 2.24) is 14.9 Å². The number of para-hydroxylation sites is 1. The molecule has 1 aromatic heterocycles. The van der Waals surface area contributed by atoms with E-state index in [0.717, 1.165) is 70.3 Å². The Kier molecular flexibility index (Phi) is 7.22. The first-order chi connectivity index (χ1) is 15.2. The molecule has 3 heterocycles. The SMILES string of the molecule is CCNc1cc(N2CCCC(CCC(=O)N3CCN(c4ccccc4)CC3)C2)ncn1. The van der Waals surface area contributed by atoms with Crippen LogP contribution in [0.1, 0.15) is 32.6 Å². The topological polar surface area (TPSA) is 64.6 Å². The molecule has 0 aliphatic carbocycles. The lowest BCUT2D eigenvalue weighted by Gasteiger charge is -2.37. The van der Waals surface area contributed by atoms with Gasteiger partial charge >= 0.3 is 0 Å². The van der Waals surface area contributed by atoms with Crippen molar-refractivity contribution < 1.29 is 4.79 Å². The molecule has 4 rings (SSSR count). The van der Waals surface area contributed by atoms with Crippen molar-refractivity contribution in [2.24, 2.45) is 5.92 Å². The molecular weight excluding hydrogens is 388 g/mol. The summed E-state index contributed by atoms with van der Waals surface area (Å²) in [4.78, 5) is 28.3. The number of piperidine rings is 1. The predicted octanol–water partition coefficient (Wildman–Crippen LogP) is 3.25. The Morgan fingerprint density at radius 1 is 1.06 bits per heavy atom. The minimum absolute atomic E-state index is 0.307. The van der Waals surface area contributed by atoms with Gasteiger partial charge in [-0.3, -0.25) is 4.79 Å². The molecule has 1 amide bonds. The standard InChI is InChI=1S/C24H34N6O/c1-2-25-22-17-23(27-19-26-22)30-12-6-7-20(18-30)10-11-24(31)29-15-13-28(14-16-29)21-8-4-3-5-9-21/h3-5,8-9,17,19-20H,2,6-7,10-16,18H2,1H3,(H,25,26,27). The first kappa shape index (κ1) is 21.4. The van der Waals surface area contributed by atoms with E-state index in [1.807, 2.05) is 17.0 Å². The molecule has 1 aromatic carbocycles. The Morgan fingerprint density at radius 2 is 1.87 bits per heavy atom. The fraction of sp³-hybridized carbons (Fsp3) is 0.542. The van der Waals surface area contributed by atoms with Crippen LogP contribution in [0.3, 0.4) is 0 Å². The number of amides is 1. The summed E-state index contributed by atoms with van der Waals surface area (Å²) in [6.07, 6.45) is 5.58. The minimum Gasteiger partial charge on any atom is -0.370 e. The molecule has 0 radical (unpaired) electrons. The van der Waals surface area contributed by atoms with Crippen molar-refractivity contribution in [3.8, 4) is 0 Å². The number of hydrogen-bond acceptors (Lipinski definition) is 6. The van der Waals surface area contributed by atoms with Gasteiger partial charge in [0.1, 0.15) is 18.0 Å². The molecule has 1 unspecified atom stereocenters. The minimum atomic E-state index is 0.307. The molecule has 31 heavy (non-hydrogen) atoms. The van der Waals surface area contributed by atoms with Crippen LogP contribution in [0.4, 0.5) is 17.3 Å². The summed E-state index contributed by atoms with van der Waals surface area (Å²) in [5.74, 6) is 2.71. The second-order valence-corrected chi connectivity index (χ2v) is 8.49. The lowest BCUT2D eigenvalue weighted by Crippen LogP contribution is -2.49. The van der Waals surface area contributed by atoms with Gasteiger partial charge in [0, 0.05) is 64.0 Å². The van der Waals surface area contributed by atoms with Gasteiger partial charge in [0.2, 0.25) is 5.91 Å². The average Bonchev–Trinajstić information content (AvgIpc) is 2.84. The van der Waals surface area contributed by atoms with E-state index in [9.17, 15) is 4.79 Å². The maximum atomic E-state index is 12.8. The van der Waals surface area contributed by atoms with Crippen molar-refractivity contribution in [2.75, 3.05) is 60.9 Å². The smallest absolute Gasteiger partial charge is 0.222 e. The summed E-state index contributed by atoms with van der Waals surface area (Å²) in [5.41, 5.74) is 1.25. The summed E-state index contributed by atoms with van der Waals surface area (Å²) in [7, 11) is 0. The molecular formula is C24H34N6O. The number of piperazine rings is 1. The molecule has 1 atom stereocenters. The molecule has 166 valence electrons. The van der Waals surface area contributed by atoms with E-state index in [-0.39, 0.29) is 0 Å². The Labute approximate surface area is 185 Å². The van der Waals surface area contributed by atoms with E-state index < -0.39 is 0 Å². The maximum Gasteiger partial charge on any atom is 0.222 e. The second kappa shape index (κ2) is 10.5. The number of rotatable bonds is 7. The number of hydrogen-bond donors (Lipinski definition) is 1. The van der Waals surface area contributed by atoms with Gasteiger partial charge in [-0.15, -0.1) is 0 Å². The van der Waals surface area contributed by atoms with Crippen LogP contribution >= 0.6 is 0 Å². The molecule has 2 aromatic rings. The van der Waals surface area contributed by atoms with Gasteiger partial charge < -0.3 is 20.0 Å². The maximum absolute atomic E-state index is 12.8. The lowest BCUT2D eigenvalue weighted by molar-refractivity contribution is -0.131. The van der Waals surface area contributed by atoms with Gasteiger partial charge in [-0.1, -0.05) is 18.2 Å². The molecule has 7 heteroatoms. The van der Waals surface area contributed by atoms with E-state index in [0.29, 0.717) is 18.2 Å². The van der Waals surface area contributed by atoms with Gasteiger partial charge in [-0.2, -0.15) is 0 Å². The first-order valence-electron chi connectivity index (χ1n) is 11.6. The fourth-order valence-electron chi connectivity index (χ4n) is 4.65. The van der Waals surface area contributed by atoms with Gasteiger partial charge in [0.25, 0.3) is 0 Å². The van der Waals surface area contributed by atoms with E-state index >= 15 is 0 Å². The number of carbonyl (C=O) groups excluding carboxylic acids is 1. The molecule has 7 nitrogen and oxygen atoms in total. The number of anilines is 3. The molecule has 0 bridgehead atoms. The van der Waals surface area contributed by atoms with E-state index in [1.54, 1.807) is 6.33 Å². The summed E-state index contributed by atoms with van der Waals surface area (Å²) < 4.78 is 0. The molecule has 2 saturated heterocycles. The quantitative estimate of drug-likeness (QED) is 0.739. The van der Waals surface area contributed by atoms with Crippen molar-refractivity contribution in [2.45, 2.75) is 32.6 Å². The molecule has 2 aliphatic rings. The molecule has 0 saturated carbocycles. The van der Waals surface area contributed by atoms with Crippen LogP contribution in [0, 0.1) is 5.92 Å². The number of nitrogens with zero attached hydrogens (tertiary/aromatic N) is 5. The third-order valence-corrected chi connectivity index (χ3v) is 6.37. The molecule has 0 spiro atoms. The zero-order valence-corrected chi connectivity index (χ0v) is 18.5. The van der Waals surface area contributed by atoms with Crippen LogP contribution in [0.2, 0.25) is 0 Å². The zero-order valence-electron chi connectivity index (χ0n) is 18.5. The summed E-state index contributed by atoms with van der Waals surface area (Å²) in [6, 6.07) is 12.5. The summed E-state index contributed by atoms with van der Waals surface area (Å²) in [6.45, 7) is 8.37. The molecule has 2 fully saturated rings. The largest absolute Gasteiger partial charge is 0.370 e. The summed E-state index contributed by atoms with van der Waals surface area (Å²) in [5, 5.41) is 3.26. The third-order valence-electron chi connectivity index (χ3n) is 6.37. The van der Waals surface area contributed by atoms with Gasteiger partial charge in [0.15, 0.2) is 0 Å². The number of aromatic nitrogens is 2. The number of benzene rings is 1. The lowest BCUT2D eigenvalue weighted by atomic mass is 9.93. The molecule has 1 N–H and O–H groups in total. The highest BCUT2D eigenvalue weighted by Crippen LogP contribution is 2.26. The number of carbonyl (C=O) groups is 1.